The highest BCUT2D eigenvalue weighted by Crippen LogP contribution is 2.31. The maximum atomic E-state index is 6.25. The monoisotopic (exact) mass is 376 g/mol. The first kappa shape index (κ1) is 17.3. The van der Waals surface area contributed by atoms with Crippen LogP contribution >= 0.6 is 23.2 Å². The molecule has 0 radical (unpaired) electrons. The van der Waals surface area contributed by atoms with Crippen molar-refractivity contribution in [1.82, 2.24) is 14.9 Å². The fourth-order valence-corrected chi connectivity index (χ4v) is 2.60. The summed E-state index contributed by atoms with van der Waals surface area (Å²) in [7, 11) is 0. The fourth-order valence-electron chi connectivity index (χ4n) is 2.03. The molecule has 1 heterocycles. The van der Waals surface area contributed by atoms with Gasteiger partial charge in [-0.3, -0.25) is 0 Å². The average Bonchev–Trinajstić information content (AvgIpc) is 3.12. The lowest BCUT2D eigenvalue weighted by Crippen LogP contribution is -2.10. The maximum Gasteiger partial charge on any atom is 0.147 e. The molecule has 2 aromatic carbocycles. The van der Waals surface area contributed by atoms with Crippen molar-refractivity contribution in [1.29, 1.82) is 0 Å². The minimum Gasteiger partial charge on any atom is -0.490 e. The molecule has 0 aliphatic rings. The van der Waals surface area contributed by atoms with Crippen molar-refractivity contribution >= 4 is 29.4 Å². The quantitative estimate of drug-likeness (QED) is 0.463. The van der Waals surface area contributed by atoms with Gasteiger partial charge in [0.1, 0.15) is 37.4 Å². The molecule has 0 spiro atoms. The third-order valence-electron chi connectivity index (χ3n) is 3.12. The van der Waals surface area contributed by atoms with Crippen molar-refractivity contribution in [3.05, 3.63) is 70.7 Å². The van der Waals surface area contributed by atoms with E-state index in [4.69, 9.17) is 32.7 Å². The molecule has 0 N–H and O–H groups in total. The summed E-state index contributed by atoms with van der Waals surface area (Å²) in [6, 6.07) is 12.8. The Bertz CT molecular complexity index is 839. The first-order valence-corrected chi connectivity index (χ1v) is 8.16. The molecule has 0 saturated carbocycles. The molecule has 1 aromatic heterocycles. The van der Waals surface area contributed by atoms with E-state index in [0.29, 0.717) is 34.6 Å². The lowest BCUT2D eigenvalue weighted by Gasteiger charge is -2.12. The van der Waals surface area contributed by atoms with Crippen molar-refractivity contribution in [2.75, 3.05) is 13.2 Å². The number of para-hydroxylation sites is 1. The van der Waals surface area contributed by atoms with E-state index >= 15 is 0 Å². The van der Waals surface area contributed by atoms with E-state index < -0.39 is 0 Å². The first-order valence-electron chi connectivity index (χ1n) is 7.41. The van der Waals surface area contributed by atoms with Crippen molar-refractivity contribution in [2.24, 2.45) is 5.10 Å². The van der Waals surface area contributed by atoms with Gasteiger partial charge in [-0.05, 0) is 24.3 Å². The van der Waals surface area contributed by atoms with Crippen LogP contribution in [0.5, 0.6) is 11.5 Å². The van der Waals surface area contributed by atoms with E-state index in [1.165, 1.54) is 17.3 Å². The molecule has 128 valence electrons. The summed E-state index contributed by atoms with van der Waals surface area (Å²) in [5, 5.41) is 12.4. The van der Waals surface area contributed by atoms with Gasteiger partial charge in [-0.15, -0.1) is 10.2 Å². The van der Waals surface area contributed by atoms with Crippen LogP contribution in [0.1, 0.15) is 5.56 Å². The van der Waals surface area contributed by atoms with Crippen molar-refractivity contribution < 1.29 is 9.47 Å². The van der Waals surface area contributed by atoms with Gasteiger partial charge < -0.3 is 9.47 Å². The Labute approximate surface area is 154 Å². The standard InChI is InChI=1S/C17H14Cl2N4O2/c18-14-8-13(10-22-23-11-20-21-12-23)17(16(19)9-14)25-7-6-24-15-4-2-1-3-5-15/h1-5,8-12H,6-7H2/b22-10+. The van der Waals surface area contributed by atoms with Gasteiger partial charge >= 0.3 is 0 Å². The predicted molar refractivity (Wildman–Crippen MR) is 96.9 cm³/mol. The zero-order chi connectivity index (χ0) is 17.5. The normalized spacial score (nSPS) is 11.0. The molecule has 3 aromatic rings. The lowest BCUT2D eigenvalue weighted by molar-refractivity contribution is 0.217. The van der Waals surface area contributed by atoms with E-state index in [2.05, 4.69) is 15.3 Å². The van der Waals surface area contributed by atoms with E-state index in [-0.39, 0.29) is 0 Å². The molecule has 0 aliphatic carbocycles. The Kier molecular flexibility index (Phi) is 5.87. The minimum absolute atomic E-state index is 0.323. The summed E-state index contributed by atoms with van der Waals surface area (Å²) in [5.74, 6) is 1.27. The van der Waals surface area contributed by atoms with Crippen LogP contribution in [0.4, 0.5) is 0 Å². The van der Waals surface area contributed by atoms with Gasteiger partial charge in [0.2, 0.25) is 0 Å². The van der Waals surface area contributed by atoms with Crippen molar-refractivity contribution in [3.8, 4) is 11.5 Å². The maximum absolute atomic E-state index is 6.25. The molecule has 6 nitrogen and oxygen atoms in total. The molecule has 0 aliphatic heterocycles. The number of ether oxygens (including phenoxy) is 2. The Balaban J connectivity index is 1.67. The summed E-state index contributed by atoms with van der Waals surface area (Å²) in [6.45, 7) is 0.703. The van der Waals surface area contributed by atoms with Crippen LogP contribution in [0.2, 0.25) is 10.0 Å². The number of nitrogens with zero attached hydrogens (tertiary/aromatic N) is 4. The van der Waals surface area contributed by atoms with Gasteiger partial charge in [-0.1, -0.05) is 41.4 Å². The molecule has 0 atom stereocenters. The first-order chi connectivity index (χ1) is 12.2. The summed E-state index contributed by atoms with van der Waals surface area (Å²) in [5.41, 5.74) is 0.644. The minimum atomic E-state index is 0.323. The van der Waals surface area contributed by atoms with Crippen molar-refractivity contribution in [3.63, 3.8) is 0 Å². The zero-order valence-electron chi connectivity index (χ0n) is 13.0. The van der Waals surface area contributed by atoms with Crippen LogP contribution in [0, 0.1) is 0 Å². The highest BCUT2D eigenvalue weighted by atomic mass is 35.5. The van der Waals surface area contributed by atoms with Gasteiger partial charge in [0.15, 0.2) is 0 Å². The Morgan fingerprint density at radius 1 is 1.00 bits per heavy atom. The van der Waals surface area contributed by atoms with Gasteiger partial charge in [-0.2, -0.15) is 5.10 Å². The number of halogens is 2. The Morgan fingerprint density at radius 2 is 1.72 bits per heavy atom. The molecular weight excluding hydrogens is 363 g/mol. The molecule has 0 unspecified atom stereocenters. The van der Waals surface area contributed by atoms with Gasteiger partial charge in [0, 0.05) is 10.6 Å². The summed E-state index contributed by atoms with van der Waals surface area (Å²) in [4.78, 5) is 0. The summed E-state index contributed by atoms with van der Waals surface area (Å²) in [6.07, 6.45) is 4.52. The highest BCUT2D eigenvalue weighted by molar-refractivity contribution is 6.36. The van der Waals surface area contributed by atoms with Crippen LogP contribution in [0.15, 0.2) is 60.2 Å². The number of aromatic nitrogens is 3. The van der Waals surface area contributed by atoms with Gasteiger partial charge in [0.25, 0.3) is 0 Å². The lowest BCUT2D eigenvalue weighted by atomic mass is 10.2. The third-order valence-corrected chi connectivity index (χ3v) is 3.61. The summed E-state index contributed by atoms with van der Waals surface area (Å²) < 4.78 is 12.8. The highest BCUT2D eigenvalue weighted by Gasteiger charge is 2.10. The topological polar surface area (TPSA) is 61.5 Å². The number of rotatable bonds is 7. The second-order valence-corrected chi connectivity index (χ2v) is 5.75. The van der Waals surface area contributed by atoms with E-state index in [1.807, 2.05) is 30.3 Å². The molecule has 25 heavy (non-hydrogen) atoms. The number of benzene rings is 2. The largest absolute Gasteiger partial charge is 0.490 e. The molecule has 0 bridgehead atoms. The van der Waals surface area contributed by atoms with Gasteiger partial charge in [-0.25, -0.2) is 4.68 Å². The Hall–Kier alpha value is -2.57. The third kappa shape index (κ3) is 4.95. The SMILES string of the molecule is Clc1cc(Cl)c(OCCOc2ccccc2)c(/C=N/n2cnnc2)c1. The zero-order valence-corrected chi connectivity index (χ0v) is 14.6. The van der Waals surface area contributed by atoms with Crippen LogP contribution in [-0.2, 0) is 0 Å². The molecule has 0 saturated heterocycles. The molecule has 0 fully saturated rings. The van der Waals surface area contributed by atoms with Crippen LogP contribution in [0.25, 0.3) is 0 Å². The second kappa shape index (κ2) is 8.50. The van der Waals surface area contributed by atoms with Gasteiger partial charge in [0.05, 0.1) is 11.2 Å². The average molecular weight is 377 g/mol. The number of hydrogen-bond acceptors (Lipinski definition) is 5. The van der Waals surface area contributed by atoms with E-state index in [9.17, 15) is 0 Å². The number of hydrogen-bond donors (Lipinski definition) is 0. The molecule has 0 amide bonds. The predicted octanol–water partition coefficient (Wildman–Crippen LogP) is 3.92. The molecular formula is C17H14Cl2N4O2. The van der Waals surface area contributed by atoms with E-state index in [0.717, 1.165) is 5.75 Å². The van der Waals surface area contributed by atoms with E-state index in [1.54, 1.807) is 18.3 Å². The molecule has 8 heteroatoms. The fraction of sp³-hybridized carbons (Fsp3) is 0.118. The Morgan fingerprint density at radius 3 is 2.48 bits per heavy atom. The molecule has 3 rings (SSSR count). The smallest absolute Gasteiger partial charge is 0.147 e. The van der Waals surface area contributed by atoms with Crippen molar-refractivity contribution in [2.45, 2.75) is 0 Å². The summed E-state index contributed by atoms with van der Waals surface area (Å²) >= 11 is 12.3. The van der Waals surface area contributed by atoms with Crippen LogP contribution < -0.4 is 9.47 Å². The van der Waals surface area contributed by atoms with Crippen LogP contribution in [-0.4, -0.2) is 34.3 Å². The second-order valence-electron chi connectivity index (χ2n) is 4.90. The van der Waals surface area contributed by atoms with Crippen LogP contribution in [0.3, 0.4) is 0 Å².